The molecule has 4 heterocycles. The van der Waals surface area contributed by atoms with Gasteiger partial charge in [0.2, 0.25) is 0 Å². The third-order valence-corrected chi connectivity index (χ3v) is 7.19. The van der Waals surface area contributed by atoms with Crippen LogP contribution in [0.15, 0.2) is 61.1 Å². The van der Waals surface area contributed by atoms with E-state index < -0.39 is 11.9 Å². The van der Waals surface area contributed by atoms with Gasteiger partial charge in [-0.3, -0.25) is 9.88 Å². The van der Waals surface area contributed by atoms with E-state index in [9.17, 15) is 13.2 Å². The summed E-state index contributed by atoms with van der Waals surface area (Å²) in [5.74, 6) is 0. The predicted molar refractivity (Wildman–Crippen MR) is 139 cm³/mol. The minimum absolute atomic E-state index is 0.381. The highest BCUT2D eigenvalue weighted by atomic mass is 35.5. The van der Waals surface area contributed by atoms with Gasteiger partial charge in [-0.25, -0.2) is 4.98 Å². The lowest BCUT2D eigenvalue weighted by Crippen LogP contribution is -2.48. The van der Waals surface area contributed by atoms with Crippen LogP contribution in [0.2, 0.25) is 10.2 Å². The second-order valence-electron chi connectivity index (χ2n) is 8.50. The van der Waals surface area contributed by atoms with Gasteiger partial charge >= 0.3 is 6.18 Å². The number of thiocarbonyl (C=S) groups is 1. The number of aromatic nitrogens is 3. The zero-order valence-electron chi connectivity index (χ0n) is 18.8. The molecule has 0 radical (unpaired) electrons. The quantitative estimate of drug-likeness (QED) is 0.222. The third-order valence-electron chi connectivity index (χ3n) is 6.18. The Labute approximate surface area is 221 Å². The van der Waals surface area contributed by atoms with Crippen LogP contribution in [0.5, 0.6) is 0 Å². The van der Waals surface area contributed by atoms with Gasteiger partial charge in [-0.05, 0) is 42.0 Å². The fourth-order valence-electron chi connectivity index (χ4n) is 4.34. The number of hydrogen-bond donors (Lipinski definition) is 0. The summed E-state index contributed by atoms with van der Waals surface area (Å²) in [6, 6.07) is 11.9. The Balaban J connectivity index is 1.32. The van der Waals surface area contributed by atoms with Crippen molar-refractivity contribution in [3.05, 3.63) is 88.1 Å². The van der Waals surface area contributed by atoms with Crippen LogP contribution in [0.4, 0.5) is 13.2 Å². The average Bonchev–Trinajstić information content (AvgIpc) is 3.25. The molecule has 5 rings (SSSR count). The molecule has 0 saturated carbocycles. The molecule has 0 unspecified atom stereocenters. The molecule has 36 heavy (non-hydrogen) atoms. The molecule has 0 amide bonds. The van der Waals surface area contributed by atoms with Crippen molar-refractivity contribution in [3.63, 3.8) is 0 Å². The predicted octanol–water partition coefficient (Wildman–Crippen LogP) is 6.24. The van der Waals surface area contributed by atoms with Crippen molar-refractivity contribution in [3.8, 4) is 5.69 Å². The van der Waals surface area contributed by atoms with Crippen molar-refractivity contribution >= 4 is 51.3 Å². The van der Waals surface area contributed by atoms with Crippen molar-refractivity contribution < 1.29 is 13.2 Å². The second kappa shape index (κ2) is 9.97. The molecule has 0 aliphatic carbocycles. The lowest BCUT2D eigenvalue weighted by molar-refractivity contribution is -0.141. The van der Waals surface area contributed by atoms with E-state index in [1.165, 1.54) is 12.3 Å². The molecule has 0 N–H and O–H groups in total. The van der Waals surface area contributed by atoms with Gasteiger partial charge in [-0.2, -0.15) is 13.2 Å². The minimum Gasteiger partial charge on any atom is -0.360 e. The van der Waals surface area contributed by atoms with Gasteiger partial charge in [0.25, 0.3) is 0 Å². The van der Waals surface area contributed by atoms with Gasteiger partial charge in [0.15, 0.2) is 5.15 Å². The molecule has 1 saturated heterocycles. The van der Waals surface area contributed by atoms with Gasteiger partial charge in [0.1, 0.15) is 10.7 Å². The molecule has 0 atom stereocenters. The number of halogens is 5. The molecule has 5 nitrogen and oxygen atoms in total. The van der Waals surface area contributed by atoms with E-state index in [1.807, 2.05) is 41.1 Å². The van der Waals surface area contributed by atoms with Gasteiger partial charge in [0, 0.05) is 73.0 Å². The molecule has 186 valence electrons. The van der Waals surface area contributed by atoms with Crippen LogP contribution >= 0.6 is 35.4 Å². The summed E-state index contributed by atoms with van der Waals surface area (Å²) in [6.07, 6.45) is 0.503. The second-order valence-corrected chi connectivity index (χ2v) is 9.69. The summed E-state index contributed by atoms with van der Waals surface area (Å²) in [7, 11) is 0. The van der Waals surface area contributed by atoms with E-state index in [0.717, 1.165) is 46.9 Å². The highest BCUT2D eigenvalue weighted by Crippen LogP contribution is 2.31. The van der Waals surface area contributed by atoms with Crippen LogP contribution in [0.3, 0.4) is 0 Å². The first-order valence-corrected chi connectivity index (χ1v) is 12.3. The van der Waals surface area contributed by atoms with Crippen LogP contribution in [0.25, 0.3) is 16.6 Å². The molecule has 1 aromatic carbocycles. The number of pyridine rings is 2. The summed E-state index contributed by atoms with van der Waals surface area (Å²) < 4.78 is 40.3. The number of fused-ring (bicyclic) bond motifs is 1. The molecule has 4 aromatic rings. The van der Waals surface area contributed by atoms with E-state index >= 15 is 0 Å². The zero-order chi connectivity index (χ0) is 25.4. The fourth-order valence-corrected chi connectivity index (χ4v) is 5.06. The molecular weight excluding hydrogens is 530 g/mol. The van der Waals surface area contributed by atoms with Crippen LogP contribution in [-0.2, 0) is 12.7 Å². The molecule has 3 aromatic heterocycles. The standard InChI is InChI=1S/C25H20Cl2F3N5S/c26-17-2-4-18(5-3-17)35-15-20(19-7-8-31-23(27)22(19)35)24(36)34-11-9-33(10-12-34)14-16-1-6-21(32-13-16)25(28,29)30/h1-8,13,15H,9-12,14H2. The zero-order valence-corrected chi connectivity index (χ0v) is 21.2. The Hall–Kier alpha value is -2.72. The van der Waals surface area contributed by atoms with Crippen LogP contribution in [-0.4, -0.2) is 55.5 Å². The van der Waals surface area contributed by atoms with E-state index in [0.29, 0.717) is 34.8 Å². The molecule has 1 aliphatic heterocycles. The van der Waals surface area contributed by atoms with Crippen molar-refractivity contribution in [2.45, 2.75) is 12.7 Å². The highest BCUT2D eigenvalue weighted by Gasteiger charge is 2.32. The SMILES string of the molecule is FC(F)(F)c1ccc(CN2CCN(C(=S)c3cn(-c4ccc(Cl)cc4)c4c(Cl)nccc34)CC2)cn1. The molecule has 1 aliphatic rings. The maximum Gasteiger partial charge on any atom is 0.433 e. The normalized spacial score (nSPS) is 15.0. The molecule has 0 bridgehead atoms. The third kappa shape index (κ3) is 5.06. The van der Waals surface area contributed by atoms with Crippen LogP contribution < -0.4 is 0 Å². The van der Waals surface area contributed by atoms with E-state index in [1.54, 1.807) is 6.20 Å². The summed E-state index contributed by atoms with van der Waals surface area (Å²) in [4.78, 5) is 12.9. The number of piperazine rings is 1. The molecule has 11 heteroatoms. The maximum atomic E-state index is 12.8. The van der Waals surface area contributed by atoms with Gasteiger partial charge in [0.05, 0.1) is 5.52 Å². The van der Waals surface area contributed by atoms with Gasteiger partial charge < -0.3 is 9.47 Å². The number of benzene rings is 1. The van der Waals surface area contributed by atoms with E-state index in [-0.39, 0.29) is 0 Å². The summed E-state index contributed by atoms with van der Waals surface area (Å²) in [5, 5.41) is 1.93. The lowest BCUT2D eigenvalue weighted by Gasteiger charge is -2.36. The summed E-state index contributed by atoms with van der Waals surface area (Å²) >= 11 is 18.5. The van der Waals surface area contributed by atoms with Crippen molar-refractivity contribution in [2.75, 3.05) is 26.2 Å². The Morgan fingerprint density at radius 3 is 2.31 bits per heavy atom. The highest BCUT2D eigenvalue weighted by molar-refractivity contribution is 7.80. The van der Waals surface area contributed by atoms with Crippen molar-refractivity contribution in [1.29, 1.82) is 0 Å². The molecule has 0 spiro atoms. The number of hydrogen-bond acceptors (Lipinski definition) is 4. The minimum atomic E-state index is -4.43. The summed E-state index contributed by atoms with van der Waals surface area (Å²) in [5.41, 5.74) is 2.41. The Morgan fingerprint density at radius 1 is 0.944 bits per heavy atom. The van der Waals surface area contributed by atoms with E-state index in [2.05, 4.69) is 19.8 Å². The number of alkyl halides is 3. The fraction of sp³-hybridized carbons (Fsp3) is 0.240. The topological polar surface area (TPSA) is 37.2 Å². The first-order valence-electron chi connectivity index (χ1n) is 11.2. The van der Waals surface area contributed by atoms with Crippen molar-refractivity contribution in [2.24, 2.45) is 0 Å². The lowest BCUT2D eigenvalue weighted by atomic mass is 10.1. The number of rotatable bonds is 4. The Morgan fingerprint density at radius 2 is 1.67 bits per heavy atom. The van der Waals surface area contributed by atoms with Gasteiger partial charge in [-0.15, -0.1) is 0 Å². The van der Waals surface area contributed by atoms with Crippen LogP contribution in [0.1, 0.15) is 16.8 Å². The Bertz CT molecular complexity index is 1400. The smallest absolute Gasteiger partial charge is 0.360 e. The monoisotopic (exact) mass is 549 g/mol. The Kier molecular flexibility index (Phi) is 6.91. The average molecular weight is 550 g/mol. The van der Waals surface area contributed by atoms with Crippen molar-refractivity contribution in [1.82, 2.24) is 24.3 Å². The first kappa shape index (κ1) is 25.0. The molecular formula is C25H20Cl2F3N5S. The van der Waals surface area contributed by atoms with E-state index in [4.69, 9.17) is 35.4 Å². The first-order chi connectivity index (χ1) is 17.2. The summed E-state index contributed by atoms with van der Waals surface area (Å²) in [6.45, 7) is 3.36. The van der Waals surface area contributed by atoms with Crippen LogP contribution in [0, 0.1) is 0 Å². The largest absolute Gasteiger partial charge is 0.433 e. The number of nitrogens with zero attached hydrogens (tertiary/aromatic N) is 5. The molecule has 1 fully saturated rings. The maximum absolute atomic E-state index is 12.8. The van der Waals surface area contributed by atoms with Gasteiger partial charge in [-0.1, -0.05) is 41.5 Å².